The molecule has 0 aliphatic rings. The van der Waals surface area contributed by atoms with Gasteiger partial charge in [-0.3, -0.25) is 4.79 Å². The zero-order chi connectivity index (χ0) is 19.3. The van der Waals surface area contributed by atoms with E-state index in [0.717, 1.165) is 21.6 Å². The molecule has 0 aliphatic heterocycles. The Morgan fingerprint density at radius 3 is 2.57 bits per heavy atom. The van der Waals surface area contributed by atoms with Crippen LogP contribution in [0.25, 0.3) is 21.6 Å². The second-order valence-corrected chi connectivity index (χ2v) is 7.07. The summed E-state index contributed by atoms with van der Waals surface area (Å²) in [5.74, 6) is 1.38. The van der Waals surface area contributed by atoms with Crippen molar-refractivity contribution in [2.45, 2.75) is 0 Å². The second-order valence-electron chi connectivity index (χ2n) is 6.12. The van der Waals surface area contributed by atoms with Gasteiger partial charge in [-0.05, 0) is 47.8 Å². The molecule has 0 aliphatic carbocycles. The number of anilines is 1. The number of carbonyl (C=O) groups excluding carboxylic acids is 1. The zero-order valence-corrected chi connectivity index (χ0v) is 15.7. The van der Waals surface area contributed by atoms with Crippen molar-refractivity contribution < 1.29 is 9.90 Å². The number of hydrogen-bond acceptors (Lipinski definition) is 6. The summed E-state index contributed by atoms with van der Waals surface area (Å²) in [7, 11) is 0. The van der Waals surface area contributed by atoms with Crippen molar-refractivity contribution in [1.29, 1.82) is 0 Å². The summed E-state index contributed by atoms with van der Waals surface area (Å²) in [4.78, 5) is 22.5. The van der Waals surface area contributed by atoms with Crippen LogP contribution in [0.3, 0.4) is 0 Å². The minimum atomic E-state index is -0.186. The maximum Gasteiger partial charge on any atom is 0.251 e. The Morgan fingerprint density at radius 2 is 1.79 bits per heavy atom. The van der Waals surface area contributed by atoms with Gasteiger partial charge in [0.1, 0.15) is 11.6 Å². The molecule has 0 atom stereocenters. The van der Waals surface area contributed by atoms with Gasteiger partial charge in [0, 0.05) is 24.0 Å². The fourth-order valence-electron chi connectivity index (χ4n) is 2.80. The number of fused-ring (bicyclic) bond motifs is 1. The lowest BCUT2D eigenvalue weighted by Crippen LogP contribution is -2.28. The highest BCUT2D eigenvalue weighted by Gasteiger charge is 2.10. The van der Waals surface area contributed by atoms with E-state index in [4.69, 9.17) is 0 Å². The van der Waals surface area contributed by atoms with Crippen LogP contribution in [0.2, 0.25) is 0 Å². The summed E-state index contributed by atoms with van der Waals surface area (Å²) in [5.41, 5.74) is 1.38. The lowest BCUT2D eigenvalue weighted by atomic mass is 10.2. The topological polar surface area (TPSA) is 87.1 Å². The molecule has 0 radical (unpaired) electrons. The van der Waals surface area contributed by atoms with Gasteiger partial charge in [-0.2, -0.15) is 0 Å². The highest BCUT2D eigenvalue weighted by molar-refractivity contribution is 7.13. The summed E-state index contributed by atoms with van der Waals surface area (Å²) in [6, 6.07) is 18.0. The van der Waals surface area contributed by atoms with Gasteiger partial charge in [-0.25, -0.2) is 9.97 Å². The van der Waals surface area contributed by atoms with Gasteiger partial charge >= 0.3 is 0 Å². The summed E-state index contributed by atoms with van der Waals surface area (Å²) < 4.78 is 0. The standard InChI is InChI=1S/C21H18N4O2S/c26-15-9-7-14(8-10-15)21(27)23-12-11-22-19-16-4-1-2-5-17(16)24-20(25-19)18-6-3-13-28-18/h1-10,13,26H,11-12H2,(H,23,27)(H,22,24,25). The van der Waals surface area contributed by atoms with Crippen molar-refractivity contribution in [2.75, 3.05) is 18.4 Å². The van der Waals surface area contributed by atoms with Crippen LogP contribution in [0, 0.1) is 0 Å². The second kappa shape index (κ2) is 8.06. The number of rotatable bonds is 6. The van der Waals surface area contributed by atoms with Crippen molar-refractivity contribution in [2.24, 2.45) is 0 Å². The summed E-state index contributed by atoms with van der Waals surface area (Å²) in [6.07, 6.45) is 0. The molecule has 2 aromatic carbocycles. The van der Waals surface area contributed by atoms with Gasteiger partial charge < -0.3 is 15.7 Å². The summed E-state index contributed by atoms with van der Waals surface area (Å²) >= 11 is 1.60. The number of amides is 1. The van der Waals surface area contributed by atoms with E-state index in [9.17, 15) is 9.90 Å². The lowest BCUT2D eigenvalue weighted by Gasteiger charge is -2.11. The largest absolute Gasteiger partial charge is 0.508 e. The molecule has 1 amide bonds. The molecule has 0 saturated carbocycles. The molecule has 0 fully saturated rings. The number of nitrogens with one attached hydrogen (secondary N) is 2. The minimum Gasteiger partial charge on any atom is -0.508 e. The number of aromatic nitrogens is 2. The molecule has 0 bridgehead atoms. The molecular formula is C21H18N4O2S. The number of phenols is 1. The molecule has 4 aromatic rings. The normalized spacial score (nSPS) is 10.7. The van der Waals surface area contributed by atoms with Gasteiger partial charge in [-0.1, -0.05) is 18.2 Å². The number of benzene rings is 2. The molecule has 0 saturated heterocycles. The predicted molar refractivity (Wildman–Crippen MR) is 112 cm³/mol. The molecule has 4 rings (SSSR count). The molecule has 2 heterocycles. The molecule has 6 nitrogen and oxygen atoms in total. The SMILES string of the molecule is O=C(NCCNc1nc(-c2cccs2)nc2ccccc12)c1ccc(O)cc1. The Morgan fingerprint density at radius 1 is 0.964 bits per heavy atom. The number of hydrogen-bond donors (Lipinski definition) is 3. The number of para-hydroxylation sites is 1. The van der Waals surface area contributed by atoms with Gasteiger partial charge in [0.25, 0.3) is 5.91 Å². The monoisotopic (exact) mass is 390 g/mol. The maximum absolute atomic E-state index is 12.1. The first-order chi connectivity index (χ1) is 13.7. The molecule has 2 aromatic heterocycles. The molecule has 7 heteroatoms. The molecule has 3 N–H and O–H groups in total. The third kappa shape index (κ3) is 3.94. The highest BCUT2D eigenvalue weighted by Crippen LogP contribution is 2.27. The molecule has 28 heavy (non-hydrogen) atoms. The molecule has 140 valence electrons. The first kappa shape index (κ1) is 17.9. The average molecular weight is 390 g/mol. The van der Waals surface area contributed by atoms with Crippen LogP contribution in [-0.4, -0.2) is 34.1 Å². The number of nitrogens with zero attached hydrogens (tertiary/aromatic N) is 2. The van der Waals surface area contributed by atoms with Gasteiger partial charge in [0.15, 0.2) is 5.82 Å². The Kier molecular flexibility index (Phi) is 5.16. The van der Waals surface area contributed by atoms with Crippen molar-refractivity contribution in [3.8, 4) is 16.5 Å². The van der Waals surface area contributed by atoms with E-state index in [1.807, 2.05) is 41.8 Å². The Balaban J connectivity index is 1.45. The van der Waals surface area contributed by atoms with Crippen LogP contribution in [0.4, 0.5) is 5.82 Å². The van der Waals surface area contributed by atoms with Crippen molar-refractivity contribution in [1.82, 2.24) is 15.3 Å². The number of phenolic OH excluding ortho intramolecular Hbond substituents is 1. The lowest BCUT2D eigenvalue weighted by molar-refractivity contribution is 0.0955. The molecule has 0 unspecified atom stereocenters. The zero-order valence-electron chi connectivity index (χ0n) is 14.9. The fourth-order valence-corrected chi connectivity index (χ4v) is 3.46. The van der Waals surface area contributed by atoms with E-state index < -0.39 is 0 Å². The predicted octanol–water partition coefficient (Wildman–Crippen LogP) is 3.91. The van der Waals surface area contributed by atoms with Crippen LogP contribution in [-0.2, 0) is 0 Å². The van der Waals surface area contributed by atoms with Gasteiger partial charge in [-0.15, -0.1) is 11.3 Å². The van der Waals surface area contributed by atoms with Crippen molar-refractivity contribution in [3.63, 3.8) is 0 Å². The molecule has 0 spiro atoms. The Hall–Kier alpha value is -3.45. The van der Waals surface area contributed by atoms with E-state index in [0.29, 0.717) is 24.5 Å². The third-order valence-corrected chi connectivity index (χ3v) is 5.04. The van der Waals surface area contributed by atoms with E-state index >= 15 is 0 Å². The Bertz CT molecular complexity index is 1100. The summed E-state index contributed by atoms with van der Waals surface area (Å²) in [5, 5.41) is 18.4. The van der Waals surface area contributed by atoms with Crippen LogP contribution in [0.1, 0.15) is 10.4 Å². The maximum atomic E-state index is 12.1. The fraction of sp³-hybridized carbons (Fsp3) is 0.0952. The van der Waals surface area contributed by atoms with Crippen LogP contribution < -0.4 is 10.6 Å². The van der Waals surface area contributed by atoms with E-state index in [2.05, 4.69) is 20.6 Å². The van der Waals surface area contributed by atoms with E-state index in [1.165, 1.54) is 12.1 Å². The number of carbonyl (C=O) groups is 1. The third-order valence-electron chi connectivity index (χ3n) is 4.18. The first-order valence-electron chi connectivity index (χ1n) is 8.82. The van der Waals surface area contributed by atoms with Crippen molar-refractivity contribution in [3.05, 3.63) is 71.6 Å². The van der Waals surface area contributed by atoms with Crippen LogP contribution in [0.15, 0.2) is 66.0 Å². The highest BCUT2D eigenvalue weighted by atomic mass is 32.1. The van der Waals surface area contributed by atoms with Crippen LogP contribution in [0.5, 0.6) is 5.75 Å². The van der Waals surface area contributed by atoms with Crippen molar-refractivity contribution >= 4 is 34.0 Å². The minimum absolute atomic E-state index is 0.135. The average Bonchev–Trinajstić information content (AvgIpc) is 3.26. The number of thiophene rings is 1. The quantitative estimate of drug-likeness (QED) is 0.435. The van der Waals surface area contributed by atoms with E-state index in [-0.39, 0.29) is 11.7 Å². The first-order valence-corrected chi connectivity index (χ1v) is 9.70. The van der Waals surface area contributed by atoms with Gasteiger partial charge in [0.05, 0.1) is 10.4 Å². The molecular weight excluding hydrogens is 372 g/mol. The number of aromatic hydroxyl groups is 1. The van der Waals surface area contributed by atoms with Crippen LogP contribution >= 0.6 is 11.3 Å². The smallest absolute Gasteiger partial charge is 0.251 e. The van der Waals surface area contributed by atoms with E-state index in [1.54, 1.807) is 23.5 Å². The Labute approximate surface area is 165 Å². The van der Waals surface area contributed by atoms with Gasteiger partial charge in [0.2, 0.25) is 0 Å². The summed E-state index contributed by atoms with van der Waals surface area (Å²) in [6.45, 7) is 0.959.